The largest absolute Gasteiger partial charge is 0.379 e. The molecular weight excluding hydrogens is 226 g/mol. The van der Waals surface area contributed by atoms with Gasteiger partial charge in [-0.15, -0.1) is 0 Å². The summed E-state index contributed by atoms with van der Waals surface area (Å²) in [6, 6.07) is 8.32. The van der Waals surface area contributed by atoms with Crippen LogP contribution in [-0.4, -0.2) is 29.7 Å². The highest BCUT2D eigenvalue weighted by Gasteiger charge is 2.18. The molecule has 1 aliphatic rings. The fraction of sp³-hybridized carbons (Fsp3) is 0.429. The molecule has 2 aromatic rings. The minimum absolute atomic E-state index is 0.166. The Morgan fingerprint density at radius 1 is 1.28 bits per heavy atom. The van der Waals surface area contributed by atoms with Crippen LogP contribution in [0.4, 0.5) is 0 Å². The lowest BCUT2D eigenvalue weighted by Gasteiger charge is -2.17. The van der Waals surface area contributed by atoms with Gasteiger partial charge in [0.2, 0.25) is 0 Å². The number of fused-ring (bicyclic) bond motifs is 1. The average Bonchev–Trinajstić information content (AvgIpc) is 2.66. The second-order valence-electron chi connectivity index (χ2n) is 4.61. The third-order valence-electron chi connectivity index (χ3n) is 3.22. The first-order valence-electron chi connectivity index (χ1n) is 6.39. The molecule has 4 heteroatoms. The molecule has 1 N–H and O–H groups in total. The van der Waals surface area contributed by atoms with E-state index in [1.165, 1.54) is 0 Å². The first-order valence-corrected chi connectivity index (χ1v) is 6.39. The van der Waals surface area contributed by atoms with E-state index in [0.717, 1.165) is 42.0 Å². The van der Waals surface area contributed by atoms with Crippen LogP contribution in [0.3, 0.4) is 0 Å². The molecule has 0 spiro atoms. The first-order chi connectivity index (χ1) is 8.84. The first kappa shape index (κ1) is 11.6. The fourth-order valence-electron chi connectivity index (χ4n) is 2.37. The van der Waals surface area contributed by atoms with Crippen molar-refractivity contribution in [2.75, 3.05) is 19.8 Å². The molecule has 1 aliphatic heterocycles. The van der Waals surface area contributed by atoms with Crippen molar-refractivity contribution >= 4 is 10.9 Å². The summed E-state index contributed by atoms with van der Waals surface area (Å²) < 4.78 is 5.63. The van der Waals surface area contributed by atoms with Gasteiger partial charge in [0.1, 0.15) is 5.82 Å². The van der Waals surface area contributed by atoms with E-state index in [0.29, 0.717) is 6.61 Å². The summed E-state index contributed by atoms with van der Waals surface area (Å²) in [7, 11) is 0. The van der Waals surface area contributed by atoms with Crippen molar-refractivity contribution < 1.29 is 4.74 Å². The number of hydrogen-bond donors (Lipinski definition) is 1. The maximum absolute atomic E-state index is 5.63. The smallest absolute Gasteiger partial charge is 0.126 e. The van der Waals surface area contributed by atoms with Gasteiger partial charge in [0.15, 0.2) is 0 Å². The molecule has 0 amide bonds. The van der Waals surface area contributed by atoms with Gasteiger partial charge in [-0.3, -0.25) is 0 Å². The highest BCUT2D eigenvalue weighted by molar-refractivity contribution is 5.81. The average molecular weight is 243 g/mol. The van der Waals surface area contributed by atoms with E-state index in [9.17, 15) is 0 Å². The lowest BCUT2D eigenvalue weighted by molar-refractivity contribution is 0.131. The van der Waals surface area contributed by atoms with Crippen molar-refractivity contribution in [2.24, 2.45) is 0 Å². The van der Waals surface area contributed by atoms with Crippen LogP contribution in [0.15, 0.2) is 24.3 Å². The van der Waals surface area contributed by atoms with Crippen LogP contribution >= 0.6 is 0 Å². The number of para-hydroxylation sites is 1. The zero-order chi connectivity index (χ0) is 12.4. The molecular formula is C14H17N3O. The van der Waals surface area contributed by atoms with Gasteiger partial charge in [-0.05, 0) is 26.0 Å². The highest BCUT2D eigenvalue weighted by Crippen LogP contribution is 2.22. The number of benzene rings is 1. The zero-order valence-electron chi connectivity index (χ0n) is 10.5. The van der Waals surface area contributed by atoms with Crippen LogP contribution in [0, 0.1) is 6.92 Å². The molecule has 0 radical (unpaired) electrons. The van der Waals surface area contributed by atoms with Gasteiger partial charge in [-0.25, -0.2) is 9.97 Å². The summed E-state index contributed by atoms with van der Waals surface area (Å²) in [5.74, 6) is 0.815. The van der Waals surface area contributed by atoms with Crippen LogP contribution in [-0.2, 0) is 4.74 Å². The van der Waals surface area contributed by atoms with Gasteiger partial charge in [0.05, 0.1) is 23.9 Å². The van der Waals surface area contributed by atoms with Crippen LogP contribution in [0.1, 0.15) is 24.0 Å². The summed E-state index contributed by atoms with van der Waals surface area (Å²) in [5.41, 5.74) is 2.06. The molecule has 18 heavy (non-hydrogen) atoms. The Balaban J connectivity index is 2.08. The second-order valence-corrected chi connectivity index (χ2v) is 4.61. The van der Waals surface area contributed by atoms with Gasteiger partial charge in [0.25, 0.3) is 0 Å². The van der Waals surface area contributed by atoms with E-state index in [1.807, 2.05) is 25.1 Å². The monoisotopic (exact) mass is 243 g/mol. The molecule has 4 nitrogen and oxygen atoms in total. The molecule has 0 saturated carbocycles. The number of nitrogens with zero attached hydrogens (tertiary/aromatic N) is 2. The van der Waals surface area contributed by atoms with E-state index >= 15 is 0 Å². The Kier molecular flexibility index (Phi) is 3.21. The van der Waals surface area contributed by atoms with Gasteiger partial charge < -0.3 is 10.1 Å². The molecule has 0 bridgehead atoms. The van der Waals surface area contributed by atoms with Crippen molar-refractivity contribution in [3.8, 4) is 0 Å². The van der Waals surface area contributed by atoms with Gasteiger partial charge >= 0.3 is 0 Å². The number of hydrogen-bond acceptors (Lipinski definition) is 4. The normalized spacial score (nSPS) is 20.8. The molecule has 1 aromatic carbocycles. The van der Waals surface area contributed by atoms with E-state index in [2.05, 4.69) is 21.4 Å². The van der Waals surface area contributed by atoms with E-state index in [1.54, 1.807) is 0 Å². The standard InChI is InChI=1S/C14H17N3O/c1-10-16-12-6-3-2-5-11(12)14(17-10)13-9-18-8-4-7-15-13/h2-3,5-6,13,15H,4,7-9H2,1H3. The van der Waals surface area contributed by atoms with Crippen molar-refractivity contribution in [3.05, 3.63) is 35.8 Å². The predicted molar refractivity (Wildman–Crippen MR) is 70.5 cm³/mol. The molecule has 94 valence electrons. The maximum Gasteiger partial charge on any atom is 0.126 e. The zero-order valence-corrected chi connectivity index (χ0v) is 10.5. The predicted octanol–water partition coefficient (Wildman–Crippen LogP) is 1.99. The molecule has 1 fully saturated rings. The Morgan fingerprint density at radius 2 is 2.17 bits per heavy atom. The van der Waals surface area contributed by atoms with Gasteiger partial charge in [-0.2, -0.15) is 0 Å². The minimum atomic E-state index is 0.166. The molecule has 0 aliphatic carbocycles. The van der Waals surface area contributed by atoms with Crippen molar-refractivity contribution in [2.45, 2.75) is 19.4 Å². The Labute approximate surface area is 106 Å². The molecule has 2 heterocycles. The summed E-state index contributed by atoms with van der Waals surface area (Å²) in [6.45, 7) is 4.42. The number of nitrogens with one attached hydrogen (secondary N) is 1. The Bertz CT molecular complexity index is 548. The van der Waals surface area contributed by atoms with Crippen molar-refractivity contribution in [1.29, 1.82) is 0 Å². The topological polar surface area (TPSA) is 47.0 Å². The quantitative estimate of drug-likeness (QED) is 0.832. The highest BCUT2D eigenvalue weighted by atomic mass is 16.5. The lowest BCUT2D eigenvalue weighted by Crippen LogP contribution is -2.25. The van der Waals surface area contributed by atoms with Crippen molar-refractivity contribution in [1.82, 2.24) is 15.3 Å². The minimum Gasteiger partial charge on any atom is -0.379 e. The summed E-state index contributed by atoms with van der Waals surface area (Å²) >= 11 is 0. The SMILES string of the molecule is Cc1nc(C2COCCCN2)c2ccccc2n1. The maximum atomic E-state index is 5.63. The summed E-state index contributed by atoms with van der Waals surface area (Å²) in [4.78, 5) is 9.09. The third kappa shape index (κ3) is 2.21. The summed E-state index contributed by atoms with van der Waals surface area (Å²) in [5, 5.41) is 4.62. The van der Waals surface area contributed by atoms with Gasteiger partial charge in [0, 0.05) is 12.0 Å². The molecule has 1 atom stereocenters. The van der Waals surface area contributed by atoms with Crippen molar-refractivity contribution in [3.63, 3.8) is 0 Å². The number of rotatable bonds is 1. The molecule has 3 rings (SSSR count). The number of aromatic nitrogens is 2. The Morgan fingerprint density at radius 3 is 3.11 bits per heavy atom. The number of aryl methyl sites for hydroxylation is 1. The van der Waals surface area contributed by atoms with Crippen LogP contribution in [0.2, 0.25) is 0 Å². The van der Waals surface area contributed by atoms with E-state index in [4.69, 9.17) is 4.74 Å². The summed E-state index contributed by atoms with van der Waals surface area (Å²) in [6.07, 6.45) is 1.05. The van der Waals surface area contributed by atoms with E-state index < -0.39 is 0 Å². The lowest BCUT2D eigenvalue weighted by atomic mass is 10.1. The second kappa shape index (κ2) is 5.00. The van der Waals surface area contributed by atoms with Gasteiger partial charge in [-0.1, -0.05) is 18.2 Å². The van der Waals surface area contributed by atoms with E-state index in [-0.39, 0.29) is 6.04 Å². The van der Waals surface area contributed by atoms with Crippen LogP contribution in [0.25, 0.3) is 10.9 Å². The Hall–Kier alpha value is -1.52. The fourth-order valence-corrected chi connectivity index (χ4v) is 2.37. The third-order valence-corrected chi connectivity index (χ3v) is 3.22. The molecule has 1 aromatic heterocycles. The molecule has 1 saturated heterocycles. The number of ether oxygens (including phenoxy) is 1. The molecule has 1 unspecified atom stereocenters. The van der Waals surface area contributed by atoms with Crippen LogP contribution < -0.4 is 5.32 Å². The van der Waals surface area contributed by atoms with Crippen LogP contribution in [0.5, 0.6) is 0 Å².